The Kier molecular flexibility index (Phi) is 3.57. The molecular weight excluding hydrogens is 286 g/mol. The van der Waals surface area contributed by atoms with Crippen molar-refractivity contribution in [1.82, 2.24) is 19.9 Å². The first kappa shape index (κ1) is 13.6. The van der Waals surface area contributed by atoms with Gasteiger partial charge in [-0.15, -0.1) is 0 Å². The second-order valence-corrected chi connectivity index (χ2v) is 5.48. The maximum absolute atomic E-state index is 12.1. The maximum Gasteiger partial charge on any atom is 0.258 e. The lowest BCUT2D eigenvalue weighted by atomic mass is 10.1. The van der Waals surface area contributed by atoms with E-state index in [1.807, 2.05) is 19.1 Å². The third kappa shape index (κ3) is 2.73. The molecule has 0 radical (unpaired) electrons. The highest BCUT2D eigenvalue weighted by Crippen LogP contribution is 2.23. The SMILES string of the molecule is Cc1cccc2c(=O)[nH]c(CSc3nccnc3N)nc12. The van der Waals surface area contributed by atoms with Crippen molar-refractivity contribution in [3.8, 4) is 0 Å². The summed E-state index contributed by atoms with van der Waals surface area (Å²) < 4.78 is 0. The molecule has 21 heavy (non-hydrogen) atoms. The van der Waals surface area contributed by atoms with Crippen LogP contribution in [-0.2, 0) is 5.75 Å². The van der Waals surface area contributed by atoms with Gasteiger partial charge in [-0.3, -0.25) is 4.79 Å². The molecule has 0 saturated heterocycles. The van der Waals surface area contributed by atoms with Gasteiger partial charge < -0.3 is 10.7 Å². The van der Waals surface area contributed by atoms with Crippen molar-refractivity contribution < 1.29 is 0 Å². The Balaban J connectivity index is 1.93. The third-order valence-corrected chi connectivity index (χ3v) is 4.03. The van der Waals surface area contributed by atoms with Gasteiger partial charge in [-0.2, -0.15) is 0 Å². The Morgan fingerprint density at radius 2 is 2.10 bits per heavy atom. The largest absolute Gasteiger partial charge is 0.381 e. The summed E-state index contributed by atoms with van der Waals surface area (Å²) in [5, 5.41) is 1.23. The molecule has 0 amide bonds. The van der Waals surface area contributed by atoms with Crippen LogP contribution >= 0.6 is 11.8 Å². The summed E-state index contributed by atoms with van der Waals surface area (Å²) in [6.07, 6.45) is 3.12. The van der Waals surface area contributed by atoms with Crippen molar-refractivity contribution in [2.45, 2.75) is 17.7 Å². The van der Waals surface area contributed by atoms with Gasteiger partial charge in [0.25, 0.3) is 5.56 Å². The first-order valence-corrected chi connectivity index (χ1v) is 7.31. The first-order valence-electron chi connectivity index (χ1n) is 6.33. The Morgan fingerprint density at radius 3 is 2.90 bits per heavy atom. The number of H-pyrrole nitrogens is 1. The third-order valence-electron chi connectivity index (χ3n) is 3.02. The fraction of sp³-hybridized carbons (Fsp3) is 0.143. The molecule has 0 aliphatic carbocycles. The number of nitrogens with zero attached hydrogens (tertiary/aromatic N) is 3. The number of hydrogen-bond donors (Lipinski definition) is 2. The fourth-order valence-corrected chi connectivity index (χ4v) is 2.75. The molecule has 0 aliphatic heterocycles. The molecule has 2 aromatic heterocycles. The number of para-hydroxylation sites is 1. The maximum atomic E-state index is 12.1. The van der Waals surface area contributed by atoms with Gasteiger partial charge in [0.1, 0.15) is 10.9 Å². The van der Waals surface area contributed by atoms with E-state index < -0.39 is 0 Å². The molecule has 2 heterocycles. The van der Waals surface area contributed by atoms with E-state index >= 15 is 0 Å². The van der Waals surface area contributed by atoms with E-state index in [1.165, 1.54) is 11.8 Å². The number of fused-ring (bicyclic) bond motifs is 1. The van der Waals surface area contributed by atoms with Crippen LogP contribution < -0.4 is 11.3 Å². The molecule has 3 aromatic rings. The van der Waals surface area contributed by atoms with E-state index in [4.69, 9.17) is 5.73 Å². The van der Waals surface area contributed by atoms with E-state index in [0.29, 0.717) is 27.8 Å². The molecule has 0 unspecified atom stereocenters. The van der Waals surface area contributed by atoms with Gasteiger partial charge in [0.05, 0.1) is 16.7 Å². The molecule has 7 heteroatoms. The molecule has 0 aliphatic rings. The highest BCUT2D eigenvalue weighted by atomic mass is 32.2. The number of hydrogen-bond acceptors (Lipinski definition) is 6. The lowest BCUT2D eigenvalue weighted by Gasteiger charge is -2.05. The number of thioether (sulfide) groups is 1. The zero-order valence-corrected chi connectivity index (χ0v) is 12.1. The van der Waals surface area contributed by atoms with Crippen molar-refractivity contribution in [1.29, 1.82) is 0 Å². The van der Waals surface area contributed by atoms with E-state index in [1.54, 1.807) is 18.5 Å². The minimum atomic E-state index is -0.133. The molecule has 0 bridgehead atoms. The van der Waals surface area contributed by atoms with Gasteiger partial charge in [-0.25, -0.2) is 15.0 Å². The van der Waals surface area contributed by atoms with Gasteiger partial charge in [0, 0.05) is 12.4 Å². The fourth-order valence-electron chi connectivity index (χ4n) is 2.00. The van der Waals surface area contributed by atoms with Crippen LogP contribution in [0.15, 0.2) is 40.4 Å². The monoisotopic (exact) mass is 299 g/mol. The Morgan fingerprint density at radius 1 is 1.29 bits per heavy atom. The van der Waals surface area contributed by atoms with Crippen LogP contribution in [0.2, 0.25) is 0 Å². The number of aromatic nitrogens is 4. The molecule has 3 rings (SSSR count). The van der Waals surface area contributed by atoms with Crippen LogP contribution in [-0.4, -0.2) is 19.9 Å². The first-order chi connectivity index (χ1) is 10.1. The highest BCUT2D eigenvalue weighted by Gasteiger charge is 2.08. The van der Waals surface area contributed by atoms with Crippen LogP contribution in [0.5, 0.6) is 0 Å². The zero-order chi connectivity index (χ0) is 14.8. The summed E-state index contributed by atoms with van der Waals surface area (Å²) in [5.74, 6) is 1.45. The van der Waals surface area contributed by atoms with Crippen LogP contribution in [0.25, 0.3) is 10.9 Å². The predicted octanol–water partition coefficient (Wildman–Crippen LogP) is 1.90. The Hall–Kier alpha value is -2.41. The summed E-state index contributed by atoms with van der Waals surface area (Å²) in [6, 6.07) is 5.56. The molecule has 0 atom stereocenters. The average Bonchev–Trinajstić information content (AvgIpc) is 2.48. The number of nitrogen functional groups attached to an aromatic ring is 1. The molecular formula is C14H13N5OS. The number of benzene rings is 1. The molecule has 3 N–H and O–H groups in total. The Labute approximate surface area is 124 Å². The zero-order valence-electron chi connectivity index (χ0n) is 11.3. The second-order valence-electron chi connectivity index (χ2n) is 4.52. The second kappa shape index (κ2) is 5.53. The van der Waals surface area contributed by atoms with Gasteiger partial charge in [0.2, 0.25) is 0 Å². The van der Waals surface area contributed by atoms with Crippen molar-refractivity contribution in [2.75, 3.05) is 5.73 Å². The molecule has 0 saturated carbocycles. The van der Waals surface area contributed by atoms with E-state index in [-0.39, 0.29) is 5.56 Å². The lowest BCUT2D eigenvalue weighted by molar-refractivity contribution is 1.02. The minimum absolute atomic E-state index is 0.133. The molecule has 1 aromatic carbocycles. The standard InChI is InChI=1S/C14H13N5OS/c1-8-3-2-4-9-11(8)18-10(19-13(9)20)7-21-14-12(15)16-5-6-17-14/h2-6H,7H2,1H3,(H2,15,16)(H,18,19,20). The summed E-state index contributed by atoms with van der Waals surface area (Å²) in [6.45, 7) is 1.94. The molecule has 106 valence electrons. The lowest BCUT2D eigenvalue weighted by Crippen LogP contribution is -2.12. The summed E-state index contributed by atoms with van der Waals surface area (Å²) in [7, 11) is 0. The van der Waals surface area contributed by atoms with Gasteiger partial charge in [-0.05, 0) is 18.6 Å². The molecule has 6 nitrogen and oxygen atoms in total. The van der Waals surface area contributed by atoms with Gasteiger partial charge in [0.15, 0.2) is 5.82 Å². The minimum Gasteiger partial charge on any atom is -0.381 e. The van der Waals surface area contributed by atoms with Crippen molar-refractivity contribution in [3.63, 3.8) is 0 Å². The number of nitrogens with two attached hydrogens (primary N) is 1. The van der Waals surface area contributed by atoms with Crippen LogP contribution in [0, 0.1) is 6.92 Å². The predicted molar refractivity (Wildman–Crippen MR) is 83.1 cm³/mol. The number of aromatic amines is 1. The number of aryl methyl sites for hydroxylation is 1. The van der Waals surface area contributed by atoms with Gasteiger partial charge in [-0.1, -0.05) is 23.9 Å². The number of anilines is 1. The normalized spacial score (nSPS) is 10.9. The van der Waals surface area contributed by atoms with E-state index in [0.717, 1.165) is 11.1 Å². The summed E-state index contributed by atoms with van der Waals surface area (Å²) in [5.41, 5.74) is 7.31. The smallest absolute Gasteiger partial charge is 0.258 e. The summed E-state index contributed by atoms with van der Waals surface area (Å²) in [4.78, 5) is 27.5. The van der Waals surface area contributed by atoms with Crippen molar-refractivity contribution in [2.24, 2.45) is 0 Å². The molecule has 0 spiro atoms. The van der Waals surface area contributed by atoms with Crippen LogP contribution in [0.4, 0.5) is 5.82 Å². The number of rotatable bonds is 3. The number of nitrogens with one attached hydrogen (secondary N) is 1. The van der Waals surface area contributed by atoms with E-state index in [2.05, 4.69) is 19.9 Å². The van der Waals surface area contributed by atoms with Crippen LogP contribution in [0.3, 0.4) is 0 Å². The highest BCUT2D eigenvalue weighted by molar-refractivity contribution is 7.98. The van der Waals surface area contributed by atoms with Crippen LogP contribution in [0.1, 0.15) is 11.4 Å². The van der Waals surface area contributed by atoms with Gasteiger partial charge >= 0.3 is 0 Å². The topological polar surface area (TPSA) is 97.5 Å². The molecule has 0 fully saturated rings. The van der Waals surface area contributed by atoms with Crippen molar-refractivity contribution >= 4 is 28.5 Å². The Bertz CT molecular complexity index is 861. The van der Waals surface area contributed by atoms with E-state index in [9.17, 15) is 4.79 Å². The van der Waals surface area contributed by atoms with Crippen molar-refractivity contribution in [3.05, 3.63) is 52.3 Å². The quantitative estimate of drug-likeness (QED) is 0.717. The summed E-state index contributed by atoms with van der Waals surface area (Å²) >= 11 is 1.39. The average molecular weight is 299 g/mol.